The minimum Gasteiger partial charge on any atom is -0.480 e. The van der Waals surface area contributed by atoms with Crippen molar-refractivity contribution in [2.45, 2.75) is 31.7 Å². The van der Waals surface area contributed by atoms with Crippen LogP contribution in [0.3, 0.4) is 0 Å². The fourth-order valence-electron chi connectivity index (χ4n) is 2.64. The van der Waals surface area contributed by atoms with Crippen LogP contribution < -0.4 is 0 Å². The van der Waals surface area contributed by atoms with Gasteiger partial charge in [-0.25, -0.2) is 9.78 Å². The SMILES string of the molecule is O=C(O)C1CCCCN1C(=O)Cc1csc(-c2cccs2)n1. The van der Waals surface area contributed by atoms with Gasteiger partial charge in [-0.15, -0.1) is 22.7 Å². The molecule has 7 heteroatoms. The Bertz CT molecular complexity index is 666. The second-order valence-corrected chi connectivity index (χ2v) is 7.04. The Morgan fingerprint density at radius 3 is 2.95 bits per heavy atom. The highest BCUT2D eigenvalue weighted by molar-refractivity contribution is 7.20. The number of amides is 1. The summed E-state index contributed by atoms with van der Waals surface area (Å²) in [5.41, 5.74) is 0.716. The number of aromatic nitrogens is 1. The minimum absolute atomic E-state index is 0.143. The third-order valence-corrected chi connectivity index (χ3v) is 5.65. The number of hydrogen-bond donors (Lipinski definition) is 1. The van der Waals surface area contributed by atoms with Gasteiger partial charge in [0.1, 0.15) is 11.0 Å². The van der Waals surface area contributed by atoms with Crippen LogP contribution in [0.1, 0.15) is 25.0 Å². The number of hydrogen-bond acceptors (Lipinski definition) is 5. The fourth-order valence-corrected chi connectivity index (χ4v) is 4.28. The molecule has 2 aromatic heterocycles. The van der Waals surface area contributed by atoms with Gasteiger partial charge in [0.05, 0.1) is 17.0 Å². The van der Waals surface area contributed by atoms with Crippen LogP contribution in [0, 0.1) is 0 Å². The first-order valence-corrected chi connectivity index (χ1v) is 8.91. The van der Waals surface area contributed by atoms with Gasteiger partial charge in [-0.05, 0) is 30.7 Å². The number of likely N-dealkylation sites (tertiary alicyclic amines) is 1. The summed E-state index contributed by atoms with van der Waals surface area (Å²) in [6, 6.07) is 3.29. The van der Waals surface area contributed by atoms with Crippen LogP contribution in [0.15, 0.2) is 22.9 Å². The fraction of sp³-hybridized carbons (Fsp3) is 0.400. The van der Waals surface area contributed by atoms with E-state index in [2.05, 4.69) is 4.98 Å². The summed E-state index contributed by atoms with van der Waals surface area (Å²) in [5.74, 6) is -1.05. The lowest BCUT2D eigenvalue weighted by atomic mass is 10.0. The van der Waals surface area contributed by atoms with Crippen LogP contribution in [0.5, 0.6) is 0 Å². The van der Waals surface area contributed by atoms with E-state index in [1.165, 1.54) is 16.2 Å². The number of thiophene rings is 1. The maximum Gasteiger partial charge on any atom is 0.326 e. The predicted octanol–water partition coefficient (Wildman–Crippen LogP) is 2.88. The molecule has 3 rings (SSSR count). The molecule has 1 atom stereocenters. The zero-order chi connectivity index (χ0) is 15.5. The zero-order valence-electron chi connectivity index (χ0n) is 11.9. The van der Waals surface area contributed by atoms with Crippen LogP contribution in [0.25, 0.3) is 9.88 Å². The van der Waals surface area contributed by atoms with Crippen molar-refractivity contribution in [1.82, 2.24) is 9.88 Å². The smallest absolute Gasteiger partial charge is 0.326 e. The molecular formula is C15H16N2O3S2. The second-order valence-electron chi connectivity index (χ2n) is 5.24. The summed E-state index contributed by atoms with van der Waals surface area (Å²) in [5, 5.41) is 14.0. The van der Waals surface area contributed by atoms with E-state index < -0.39 is 12.0 Å². The van der Waals surface area contributed by atoms with Crippen molar-refractivity contribution < 1.29 is 14.7 Å². The molecule has 116 valence electrons. The minimum atomic E-state index is -0.911. The largest absolute Gasteiger partial charge is 0.480 e. The molecule has 1 saturated heterocycles. The Balaban J connectivity index is 1.70. The van der Waals surface area contributed by atoms with E-state index in [1.807, 2.05) is 22.9 Å². The van der Waals surface area contributed by atoms with Crippen molar-refractivity contribution in [2.75, 3.05) is 6.54 Å². The van der Waals surface area contributed by atoms with E-state index in [9.17, 15) is 14.7 Å². The summed E-state index contributed by atoms with van der Waals surface area (Å²) in [6.45, 7) is 0.526. The van der Waals surface area contributed by atoms with Crippen molar-refractivity contribution >= 4 is 34.6 Å². The molecule has 1 N–H and O–H groups in total. The van der Waals surface area contributed by atoms with E-state index >= 15 is 0 Å². The lowest BCUT2D eigenvalue weighted by Gasteiger charge is -2.32. The number of thiazole rings is 1. The van der Waals surface area contributed by atoms with Gasteiger partial charge < -0.3 is 10.0 Å². The molecule has 0 bridgehead atoms. The molecule has 0 saturated carbocycles. The molecule has 0 spiro atoms. The predicted molar refractivity (Wildman–Crippen MR) is 86.1 cm³/mol. The Hall–Kier alpha value is -1.73. The maximum atomic E-state index is 12.4. The van der Waals surface area contributed by atoms with Crippen molar-refractivity contribution in [3.8, 4) is 9.88 Å². The number of carboxylic acids is 1. The molecule has 1 aliphatic heterocycles. The lowest BCUT2D eigenvalue weighted by molar-refractivity contribution is -0.151. The number of aliphatic carboxylic acids is 1. The highest BCUT2D eigenvalue weighted by Gasteiger charge is 2.31. The maximum absolute atomic E-state index is 12.4. The molecule has 3 heterocycles. The number of rotatable bonds is 4. The molecule has 1 aliphatic rings. The van der Waals surface area contributed by atoms with Gasteiger partial charge >= 0.3 is 5.97 Å². The molecule has 0 aromatic carbocycles. The summed E-state index contributed by atoms with van der Waals surface area (Å²) in [6.07, 6.45) is 2.44. The Labute approximate surface area is 136 Å². The molecule has 2 aromatic rings. The highest BCUT2D eigenvalue weighted by Crippen LogP contribution is 2.28. The standard InChI is InChI=1S/C15H16N2O3S2/c18-13(17-6-2-1-4-11(17)15(19)20)8-10-9-22-14(16-10)12-5-3-7-21-12/h3,5,7,9,11H,1-2,4,6,8H2,(H,19,20). The van der Waals surface area contributed by atoms with Crippen LogP contribution in [0.2, 0.25) is 0 Å². The number of carboxylic acid groups (broad SMARTS) is 1. The van der Waals surface area contributed by atoms with E-state index in [0.717, 1.165) is 22.7 Å². The number of carbonyl (C=O) groups is 2. The number of carbonyl (C=O) groups excluding carboxylic acids is 1. The lowest BCUT2D eigenvalue weighted by Crippen LogP contribution is -2.48. The van der Waals surface area contributed by atoms with E-state index in [0.29, 0.717) is 18.7 Å². The van der Waals surface area contributed by atoms with Gasteiger partial charge in [0, 0.05) is 11.9 Å². The molecule has 0 aliphatic carbocycles. The van der Waals surface area contributed by atoms with Gasteiger partial charge in [-0.2, -0.15) is 0 Å². The topological polar surface area (TPSA) is 70.5 Å². The third kappa shape index (κ3) is 3.20. The first-order chi connectivity index (χ1) is 10.6. The van der Waals surface area contributed by atoms with Crippen LogP contribution in [-0.2, 0) is 16.0 Å². The van der Waals surface area contributed by atoms with Gasteiger partial charge in [0.2, 0.25) is 5.91 Å². The average Bonchev–Trinajstić information content (AvgIpc) is 3.17. The second kappa shape index (κ2) is 6.58. The normalized spacial score (nSPS) is 18.4. The van der Waals surface area contributed by atoms with Crippen LogP contribution in [-0.4, -0.2) is 39.5 Å². The van der Waals surface area contributed by atoms with Crippen molar-refractivity contribution in [3.05, 3.63) is 28.6 Å². The molecule has 1 unspecified atom stereocenters. The first kappa shape index (κ1) is 15.2. The van der Waals surface area contributed by atoms with E-state index in [1.54, 1.807) is 11.3 Å². The number of piperidine rings is 1. The average molecular weight is 336 g/mol. The molecule has 22 heavy (non-hydrogen) atoms. The Kier molecular flexibility index (Phi) is 4.54. The molecule has 1 amide bonds. The third-order valence-electron chi connectivity index (χ3n) is 3.72. The van der Waals surface area contributed by atoms with Gasteiger partial charge in [-0.3, -0.25) is 4.79 Å². The summed E-state index contributed by atoms with van der Waals surface area (Å²) in [7, 11) is 0. The molecule has 0 radical (unpaired) electrons. The summed E-state index contributed by atoms with van der Waals surface area (Å²) < 4.78 is 0. The van der Waals surface area contributed by atoms with Crippen LogP contribution >= 0.6 is 22.7 Å². The van der Waals surface area contributed by atoms with Crippen molar-refractivity contribution in [3.63, 3.8) is 0 Å². The van der Waals surface area contributed by atoms with E-state index in [-0.39, 0.29) is 12.3 Å². The van der Waals surface area contributed by atoms with E-state index in [4.69, 9.17) is 0 Å². The van der Waals surface area contributed by atoms with Gasteiger partial charge in [0.15, 0.2) is 0 Å². The monoisotopic (exact) mass is 336 g/mol. The molecule has 1 fully saturated rings. The summed E-state index contributed by atoms with van der Waals surface area (Å²) in [4.78, 5) is 30.8. The zero-order valence-corrected chi connectivity index (χ0v) is 13.5. The number of nitrogens with zero attached hydrogens (tertiary/aromatic N) is 2. The van der Waals surface area contributed by atoms with Crippen molar-refractivity contribution in [2.24, 2.45) is 0 Å². The van der Waals surface area contributed by atoms with Gasteiger partial charge in [-0.1, -0.05) is 6.07 Å². The van der Waals surface area contributed by atoms with Crippen LogP contribution in [0.4, 0.5) is 0 Å². The Morgan fingerprint density at radius 2 is 2.23 bits per heavy atom. The first-order valence-electron chi connectivity index (χ1n) is 7.15. The van der Waals surface area contributed by atoms with Crippen molar-refractivity contribution in [1.29, 1.82) is 0 Å². The Morgan fingerprint density at radius 1 is 1.36 bits per heavy atom. The molecule has 5 nitrogen and oxygen atoms in total. The van der Waals surface area contributed by atoms with Gasteiger partial charge in [0.25, 0.3) is 0 Å². The quantitative estimate of drug-likeness (QED) is 0.932. The molecular weight excluding hydrogens is 320 g/mol. The highest BCUT2D eigenvalue weighted by atomic mass is 32.1. The summed E-state index contributed by atoms with van der Waals surface area (Å²) >= 11 is 3.13.